The zero-order chi connectivity index (χ0) is 13.8. The minimum Gasteiger partial charge on any atom is -0.479 e. The standard InChI is InChI=1S/C13H10ClFN2O2/c14-11-4-2-1-3-10(11)12(13(18)19)17-9-5-8(15)6-16-7-9/h1-7,12,17H,(H,18,19)/t12-/m0/s1. The molecule has 2 rings (SSSR count). The summed E-state index contributed by atoms with van der Waals surface area (Å²) in [6, 6.07) is 6.67. The van der Waals surface area contributed by atoms with Gasteiger partial charge in [-0.15, -0.1) is 0 Å². The fourth-order valence-electron chi connectivity index (χ4n) is 1.64. The zero-order valence-corrected chi connectivity index (χ0v) is 10.4. The van der Waals surface area contributed by atoms with Crippen molar-refractivity contribution in [3.63, 3.8) is 0 Å². The van der Waals surface area contributed by atoms with Gasteiger partial charge in [0.15, 0.2) is 6.04 Å². The number of aromatic nitrogens is 1. The summed E-state index contributed by atoms with van der Waals surface area (Å²) in [5.41, 5.74) is 0.674. The van der Waals surface area contributed by atoms with Gasteiger partial charge in [-0.3, -0.25) is 4.98 Å². The summed E-state index contributed by atoms with van der Waals surface area (Å²) in [6.45, 7) is 0. The van der Waals surface area contributed by atoms with Crippen molar-refractivity contribution in [3.05, 3.63) is 59.1 Å². The van der Waals surface area contributed by atoms with Crippen LogP contribution in [0.25, 0.3) is 0 Å². The van der Waals surface area contributed by atoms with Crippen LogP contribution in [0.4, 0.5) is 10.1 Å². The SMILES string of the molecule is O=C(O)[C@@H](Nc1cncc(F)c1)c1ccccc1Cl. The third-order valence-corrected chi connectivity index (χ3v) is 2.82. The quantitative estimate of drug-likeness (QED) is 0.903. The number of carbonyl (C=O) groups is 1. The van der Waals surface area contributed by atoms with Crippen LogP contribution in [0.2, 0.25) is 5.02 Å². The maximum Gasteiger partial charge on any atom is 0.330 e. The molecule has 1 aromatic heterocycles. The number of benzene rings is 1. The molecule has 1 atom stereocenters. The smallest absolute Gasteiger partial charge is 0.330 e. The lowest BCUT2D eigenvalue weighted by Gasteiger charge is -2.17. The molecule has 4 nitrogen and oxygen atoms in total. The summed E-state index contributed by atoms with van der Waals surface area (Å²) in [7, 11) is 0. The molecule has 0 saturated heterocycles. The first kappa shape index (κ1) is 13.3. The predicted molar refractivity (Wildman–Crippen MR) is 69.6 cm³/mol. The maximum absolute atomic E-state index is 13.0. The van der Waals surface area contributed by atoms with Crippen LogP contribution in [0.5, 0.6) is 0 Å². The summed E-state index contributed by atoms with van der Waals surface area (Å²) in [5, 5.41) is 12.3. The topological polar surface area (TPSA) is 62.2 Å². The van der Waals surface area contributed by atoms with Gasteiger partial charge in [-0.05, 0) is 6.07 Å². The highest BCUT2D eigenvalue weighted by Gasteiger charge is 2.22. The molecular weight excluding hydrogens is 271 g/mol. The van der Waals surface area contributed by atoms with Crippen LogP contribution in [0, 0.1) is 5.82 Å². The van der Waals surface area contributed by atoms with Crippen LogP contribution in [-0.4, -0.2) is 16.1 Å². The molecule has 0 unspecified atom stereocenters. The fourth-order valence-corrected chi connectivity index (χ4v) is 1.88. The molecule has 0 aliphatic heterocycles. The van der Waals surface area contributed by atoms with Gasteiger partial charge in [-0.1, -0.05) is 29.8 Å². The Labute approximate surface area is 113 Å². The second-order valence-electron chi connectivity index (χ2n) is 3.83. The normalized spacial score (nSPS) is 11.9. The van der Waals surface area contributed by atoms with Crippen molar-refractivity contribution >= 4 is 23.3 Å². The number of halogens is 2. The van der Waals surface area contributed by atoms with Crippen molar-refractivity contribution in [2.45, 2.75) is 6.04 Å². The number of nitrogens with zero attached hydrogens (tertiary/aromatic N) is 1. The number of hydrogen-bond donors (Lipinski definition) is 2. The highest BCUT2D eigenvalue weighted by molar-refractivity contribution is 6.31. The second kappa shape index (κ2) is 5.67. The van der Waals surface area contributed by atoms with E-state index in [9.17, 15) is 14.3 Å². The molecule has 0 fully saturated rings. The van der Waals surface area contributed by atoms with Crippen molar-refractivity contribution < 1.29 is 14.3 Å². The summed E-state index contributed by atoms with van der Waals surface area (Å²) in [6.07, 6.45) is 2.38. The second-order valence-corrected chi connectivity index (χ2v) is 4.24. The maximum atomic E-state index is 13.0. The Morgan fingerprint density at radius 3 is 2.74 bits per heavy atom. The lowest BCUT2D eigenvalue weighted by atomic mass is 10.1. The number of pyridine rings is 1. The minimum atomic E-state index is -1.11. The van der Waals surface area contributed by atoms with Crippen LogP contribution in [0.1, 0.15) is 11.6 Å². The van der Waals surface area contributed by atoms with Crippen molar-refractivity contribution in [2.24, 2.45) is 0 Å². The van der Waals surface area contributed by atoms with Gasteiger partial charge in [0.1, 0.15) is 5.82 Å². The van der Waals surface area contributed by atoms with E-state index in [1.807, 2.05) is 0 Å². The Morgan fingerprint density at radius 2 is 2.11 bits per heavy atom. The van der Waals surface area contributed by atoms with Gasteiger partial charge in [0, 0.05) is 16.7 Å². The summed E-state index contributed by atoms with van der Waals surface area (Å²) in [4.78, 5) is 15.0. The number of anilines is 1. The number of hydrogen-bond acceptors (Lipinski definition) is 3. The summed E-state index contributed by atoms with van der Waals surface area (Å²) in [5.74, 6) is -1.66. The number of carboxylic acids is 1. The van der Waals surface area contributed by atoms with Gasteiger partial charge in [0.2, 0.25) is 0 Å². The lowest BCUT2D eigenvalue weighted by Crippen LogP contribution is -2.21. The third-order valence-electron chi connectivity index (χ3n) is 2.48. The predicted octanol–water partition coefficient (Wildman–Crippen LogP) is 3.11. The third kappa shape index (κ3) is 3.20. The molecule has 0 saturated carbocycles. The molecule has 0 amide bonds. The molecule has 19 heavy (non-hydrogen) atoms. The van der Waals surface area contributed by atoms with E-state index in [1.54, 1.807) is 24.3 Å². The first-order chi connectivity index (χ1) is 9.08. The zero-order valence-electron chi connectivity index (χ0n) is 9.68. The van der Waals surface area contributed by atoms with Crippen molar-refractivity contribution in [3.8, 4) is 0 Å². The average Bonchev–Trinajstić information content (AvgIpc) is 2.37. The van der Waals surface area contributed by atoms with Gasteiger partial charge in [0.05, 0.1) is 18.1 Å². The number of rotatable bonds is 4. The van der Waals surface area contributed by atoms with Crippen LogP contribution in [-0.2, 0) is 4.79 Å². The lowest BCUT2D eigenvalue weighted by molar-refractivity contribution is -0.138. The molecule has 0 radical (unpaired) electrons. The largest absolute Gasteiger partial charge is 0.479 e. The molecule has 2 aromatic rings. The Bertz CT molecular complexity index is 607. The molecule has 0 spiro atoms. The fraction of sp³-hybridized carbons (Fsp3) is 0.0769. The van der Waals surface area contributed by atoms with E-state index in [1.165, 1.54) is 12.3 Å². The van der Waals surface area contributed by atoms with Crippen molar-refractivity contribution in [2.75, 3.05) is 5.32 Å². The first-order valence-corrected chi connectivity index (χ1v) is 5.80. The molecule has 6 heteroatoms. The van der Waals surface area contributed by atoms with E-state index in [2.05, 4.69) is 10.3 Å². The van der Waals surface area contributed by atoms with Crippen LogP contribution in [0.15, 0.2) is 42.7 Å². The van der Waals surface area contributed by atoms with Crippen LogP contribution < -0.4 is 5.32 Å². The number of aliphatic carboxylic acids is 1. The molecule has 0 aliphatic rings. The Balaban J connectivity index is 2.32. The molecule has 2 N–H and O–H groups in total. The summed E-state index contributed by atoms with van der Waals surface area (Å²) >= 11 is 5.97. The van der Waals surface area contributed by atoms with Crippen LogP contribution >= 0.6 is 11.6 Å². The van der Waals surface area contributed by atoms with Gasteiger partial charge >= 0.3 is 5.97 Å². The summed E-state index contributed by atoms with van der Waals surface area (Å²) < 4.78 is 13.0. The van der Waals surface area contributed by atoms with Crippen molar-refractivity contribution in [1.29, 1.82) is 0 Å². The molecule has 0 bridgehead atoms. The average molecular weight is 281 g/mol. The Kier molecular flexibility index (Phi) is 3.97. The van der Waals surface area contributed by atoms with E-state index in [-0.39, 0.29) is 5.69 Å². The number of nitrogens with one attached hydrogen (secondary N) is 1. The van der Waals surface area contributed by atoms with Gasteiger partial charge in [-0.2, -0.15) is 0 Å². The number of carboxylic acid groups (broad SMARTS) is 1. The van der Waals surface area contributed by atoms with Crippen molar-refractivity contribution in [1.82, 2.24) is 4.98 Å². The highest BCUT2D eigenvalue weighted by Crippen LogP contribution is 2.26. The van der Waals surface area contributed by atoms with E-state index >= 15 is 0 Å². The minimum absolute atomic E-state index is 0.271. The Morgan fingerprint density at radius 1 is 1.37 bits per heavy atom. The van der Waals surface area contributed by atoms with E-state index < -0.39 is 17.8 Å². The van der Waals surface area contributed by atoms with E-state index in [0.29, 0.717) is 10.6 Å². The molecular formula is C13H10ClFN2O2. The van der Waals surface area contributed by atoms with Gasteiger partial charge < -0.3 is 10.4 Å². The van der Waals surface area contributed by atoms with Crippen LogP contribution in [0.3, 0.4) is 0 Å². The van der Waals surface area contributed by atoms with E-state index in [0.717, 1.165) is 6.20 Å². The van der Waals surface area contributed by atoms with Gasteiger partial charge in [0.25, 0.3) is 0 Å². The molecule has 98 valence electrons. The Hall–Kier alpha value is -2.14. The molecule has 1 aromatic carbocycles. The first-order valence-electron chi connectivity index (χ1n) is 5.42. The highest BCUT2D eigenvalue weighted by atomic mass is 35.5. The van der Waals surface area contributed by atoms with E-state index in [4.69, 9.17) is 11.6 Å². The monoisotopic (exact) mass is 280 g/mol. The molecule has 1 heterocycles. The molecule has 0 aliphatic carbocycles. The van der Waals surface area contributed by atoms with Gasteiger partial charge in [-0.25, -0.2) is 9.18 Å².